The Bertz CT molecular complexity index is 850. The van der Waals surface area contributed by atoms with Crippen molar-refractivity contribution < 1.29 is 13.2 Å². The molecule has 1 heterocycles. The van der Waals surface area contributed by atoms with E-state index in [1.165, 1.54) is 12.7 Å². The summed E-state index contributed by atoms with van der Waals surface area (Å²) in [5, 5.41) is 0. The van der Waals surface area contributed by atoms with Crippen LogP contribution < -0.4 is 4.74 Å². The van der Waals surface area contributed by atoms with Gasteiger partial charge in [-0.15, -0.1) is 0 Å². The van der Waals surface area contributed by atoms with Gasteiger partial charge in [0.05, 0.1) is 7.11 Å². The highest BCUT2D eigenvalue weighted by Crippen LogP contribution is 2.31. The molecule has 1 aliphatic heterocycles. The molecular formula is C19H23BrN2O3S. The number of nitrogens with zero attached hydrogens (tertiary/aromatic N) is 2. The van der Waals surface area contributed by atoms with Crippen LogP contribution in [0, 0.1) is 0 Å². The predicted octanol–water partition coefficient (Wildman–Crippen LogP) is 3.53. The van der Waals surface area contributed by atoms with Crippen LogP contribution in [0.3, 0.4) is 0 Å². The molecule has 3 rings (SSSR count). The Kier molecular flexibility index (Phi) is 6.02. The number of ether oxygens (including phenoxy) is 1. The molecule has 1 unspecified atom stereocenters. The minimum absolute atomic E-state index is 0.207. The minimum atomic E-state index is -3.59. The van der Waals surface area contributed by atoms with Gasteiger partial charge in [-0.2, -0.15) is 4.31 Å². The first-order valence-corrected chi connectivity index (χ1v) is 10.8. The first kappa shape index (κ1) is 19.4. The van der Waals surface area contributed by atoms with Crippen molar-refractivity contribution in [3.63, 3.8) is 0 Å². The van der Waals surface area contributed by atoms with E-state index in [-0.39, 0.29) is 10.9 Å². The van der Waals surface area contributed by atoms with Gasteiger partial charge in [0.1, 0.15) is 10.6 Å². The van der Waals surface area contributed by atoms with Gasteiger partial charge in [-0.25, -0.2) is 8.42 Å². The fraction of sp³-hybridized carbons (Fsp3) is 0.368. The maximum atomic E-state index is 13.1. The molecular weight excluding hydrogens is 416 g/mol. The Labute approximate surface area is 163 Å². The van der Waals surface area contributed by atoms with Crippen molar-refractivity contribution in [3.05, 3.63) is 58.6 Å². The van der Waals surface area contributed by atoms with Crippen molar-refractivity contribution in [1.82, 2.24) is 9.21 Å². The predicted molar refractivity (Wildman–Crippen MR) is 106 cm³/mol. The third kappa shape index (κ3) is 3.96. The summed E-state index contributed by atoms with van der Waals surface area (Å²) < 4.78 is 33.7. The van der Waals surface area contributed by atoms with Gasteiger partial charge in [-0.1, -0.05) is 46.3 Å². The fourth-order valence-electron chi connectivity index (χ4n) is 3.26. The Hall–Kier alpha value is -1.41. The van der Waals surface area contributed by atoms with E-state index in [0.29, 0.717) is 36.4 Å². The molecule has 0 N–H and O–H groups in total. The minimum Gasteiger partial charge on any atom is -0.495 e. The highest BCUT2D eigenvalue weighted by molar-refractivity contribution is 9.10. The summed E-state index contributed by atoms with van der Waals surface area (Å²) in [6.07, 6.45) is 0. The molecule has 0 radical (unpaired) electrons. The molecule has 0 aromatic heterocycles. The van der Waals surface area contributed by atoms with Crippen LogP contribution in [0.1, 0.15) is 18.5 Å². The highest BCUT2D eigenvalue weighted by Gasteiger charge is 2.32. The van der Waals surface area contributed by atoms with Crippen molar-refractivity contribution in [2.24, 2.45) is 0 Å². The monoisotopic (exact) mass is 438 g/mol. The van der Waals surface area contributed by atoms with E-state index in [4.69, 9.17) is 4.74 Å². The van der Waals surface area contributed by atoms with Crippen molar-refractivity contribution in [1.29, 1.82) is 0 Å². The number of piperazine rings is 1. The van der Waals surface area contributed by atoms with Crippen molar-refractivity contribution in [2.75, 3.05) is 33.3 Å². The lowest BCUT2D eigenvalue weighted by atomic mass is 10.1. The van der Waals surface area contributed by atoms with Crippen LogP contribution in [0.2, 0.25) is 0 Å². The van der Waals surface area contributed by atoms with Crippen molar-refractivity contribution >= 4 is 26.0 Å². The lowest BCUT2D eigenvalue weighted by molar-refractivity contribution is 0.145. The summed E-state index contributed by atoms with van der Waals surface area (Å²) in [6.45, 7) is 4.50. The maximum absolute atomic E-state index is 13.1. The fourth-order valence-corrected chi connectivity index (χ4v) is 5.38. The van der Waals surface area contributed by atoms with Gasteiger partial charge >= 0.3 is 0 Å². The van der Waals surface area contributed by atoms with Crippen LogP contribution in [0.5, 0.6) is 5.75 Å². The van der Waals surface area contributed by atoms with Crippen LogP contribution in [-0.4, -0.2) is 50.9 Å². The van der Waals surface area contributed by atoms with Gasteiger partial charge in [0.25, 0.3) is 0 Å². The van der Waals surface area contributed by atoms with Crippen LogP contribution in [-0.2, 0) is 10.0 Å². The number of hydrogen-bond donors (Lipinski definition) is 0. The lowest BCUT2D eigenvalue weighted by Gasteiger charge is -2.37. The summed E-state index contributed by atoms with van der Waals surface area (Å²) >= 11 is 3.35. The second-order valence-corrected chi connectivity index (χ2v) is 9.14. The largest absolute Gasteiger partial charge is 0.495 e. The first-order chi connectivity index (χ1) is 12.4. The van der Waals surface area contributed by atoms with E-state index in [9.17, 15) is 8.42 Å². The second-order valence-electron chi connectivity index (χ2n) is 6.32. The molecule has 2 aromatic rings. The molecule has 2 aromatic carbocycles. The number of halogens is 1. The van der Waals surface area contributed by atoms with E-state index in [1.54, 1.807) is 22.5 Å². The van der Waals surface area contributed by atoms with Gasteiger partial charge in [0.15, 0.2) is 0 Å². The molecule has 1 fully saturated rings. The molecule has 0 spiro atoms. The SMILES string of the molecule is COc1ccc(Br)cc1S(=O)(=O)N1CCN(C(C)c2ccccc2)CC1. The summed E-state index contributed by atoms with van der Waals surface area (Å²) in [5.41, 5.74) is 1.25. The molecule has 1 aliphatic rings. The average Bonchev–Trinajstić information content (AvgIpc) is 2.68. The molecule has 7 heteroatoms. The second kappa shape index (κ2) is 8.08. The Morgan fingerprint density at radius 3 is 2.31 bits per heavy atom. The highest BCUT2D eigenvalue weighted by atomic mass is 79.9. The van der Waals surface area contributed by atoms with E-state index in [2.05, 4.69) is 39.9 Å². The van der Waals surface area contributed by atoms with Crippen LogP contribution in [0.15, 0.2) is 57.9 Å². The molecule has 1 saturated heterocycles. The molecule has 140 valence electrons. The maximum Gasteiger partial charge on any atom is 0.246 e. The zero-order chi connectivity index (χ0) is 18.7. The van der Waals surface area contributed by atoms with Crippen molar-refractivity contribution in [3.8, 4) is 5.75 Å². The summed E-state index contributed by atoms with van der Waals surface area (Å²) in [6, 6.07) is 15.6. The van der Waals surface area contributed by atoms with E-state index in [1.807, 2.05) is 18.2 Å². The Balaban J connectivity index is 1.74. The molecule has 5 nitrogen and oxygen atoms in total. The number of sulfonamides is 1. The van der Waals surface area contributed by atoms with Crippen LogP contribution in [0.4, 0.5) is 0 Å². The normalized spacial score (nSPS) is 17.8. The standard InChI is InChI=1S/C19H23BrN2O3S/c1-15(16-6-4-3-5-7-16)21-10-12-22(13-11-21)26(23,24)19-14-17(20)8-9-18(19)25-2/h3-9,14-15H,10-13H2,1-2H3. The van der Waals surface area contributed by atoms with Crippen molar-refractivity contribution in [2.45, 2.75) is 17.9 Å². The third-order valence-corrected chi connectivity index (χ3v) is 7.26. The first-order valence-electron chi connectivity index (χ1n) is 8.56. The summed E-state index contributed by atoms with van der Waals surface area (Å²) in [7, 11) is -2.10. The number of rotatable bonds is 5. The molecule has 0 aliphatic carbocycles. The smallest absolute Gasteiger partial charge is 0.246 e. The number of hydrogen-bond acceptors (Lipinski definition) is 4. The lowest BCUT2D eigenvalue weighted by Crippen LogP contribution is -2.49. The van der Waals surface area contributed by atoms with Crippen LogP contribution >= 0.6 is 15.9 Å². The Morgan fingerprint density at radius 2 is 1.69 bits per heavy atom. The van der Waals surface area contributed by atoms with E-state index in [0.717, 1.165) is 0 Å². The molecule has 26 heavy (non-hydrogen) atoms. The summed E-state index contributed by atoms with van der Waals surface area (Å²) in [4.78, 5) is 2.53. The third-order valence-electron chi connectivity index (χ3n) is 4.85. The Morgan fingerprint density at radius 1 is 1.04 bits per heavy atom. The van der Waals surface area contributed by atoms with Gasteiger partial charge in [0, 0.05) is 36.7 Å². The van der Waals surface area contributed by atoms with E-state index < -0.39 is 10.0 Å². The molecule has 0 saturated carbocycles. The molecule has 0 amide bonds. The quantitative estimate of drug-likeness (QED) is 0.716. The van der Waals surface area contributed by atoms with Gasteiger partial charge in [0.2, 0.25) is 10.0 Å². The number of benzene rings is 2. The topological polar surface area (TPSA) is 49.9 Å². The number of methoxy groups -OCH3 is 1. The zero-order valence-corrected chi connectivity index (χ0v) is 17.3. The van der Waals surface area contributed by atoms with Gasteiger partial charge < -0.3 is 4.74 Å². The van der Waals surface area contributed by atoms with Gasteiger partial charge in [-0.3, -0.25) is 4.90 Å². The van der Waals surface area contributed by atoms with Gasteiger partial charge in [-0.05, 0) is 30.7 Å². The van der Waals surface area contributed by atoms with E-state index >= 15 is 0 Å². The molecule has 1 atom stereocenters. The molecule has 0 bridgehead atoms. The van der Waals surface area contributed by atoms with Crippen LogP contribution in [0.25, 0.3) is 0 Å². The summed E-state index contributed by atoms with van der Waals surface area (Å²) in [5.74, 6) is 0.369. The zero-order valence-electron chi connectivity index (χ0n) is 14.9. The average molecular weight is 439 g/mol.